The molecule has 2 aliphatic rings. The van der Waals surface area contributed by atoms with E-state index >= 15 is 0 Å². The van der Waals surface area contributed by atoms with Gasteiger partial charge in [-0.15, -0.1) is 11.3 Å². The fourth-order valence-corrected chi connectivity index (χ4v) is 5.31. The minimum absolute atomic E-state index is 0.707. The monoisotopic (exact) mass is 489 g/mol. The predicted molar refractivity (Wildman–Crippen MR) is 141 cm³/mol. The number of H-pyrrole nitrogens is 1. The summed E-state index contributed by atoms with van der Waals surface area (Å²) < 4.78 is 10.9. The number of nitrogens with zero attached hydrogens (tertiary/aromatic N) is 3. The molecule has 180 valence electrons. The second kappa shape index (κ2) is 8.88. The number of anilines is 2. The van der Waals surface area contributed by atoms with Crippen molar-refractivity contribution in [2.45, 2.75) is 5.91 Å². The van der Waals surface area contributed by atoms with E-state index in [-0.39, 0.29) is 0 Å². The molecule has 2 aromatic heterocycles. The van der Waals surface area contributed by atoms with Gasteiger partial charge in [0.15, 0.2) is 16.6 Å². The van der Waals surface area contributed by atoms with Gasteiger partial charge in [-0.2, -0.15) is 0 Å². The van der Waals surface area contributed by atoms with Crippen molar-refractivity contribution >= 4 is 39.3 Å². The number of nitrogens with one attached hydrogen (secondary N) is 4. The minimum Gasteiger partial charge on any atom is -0.493 e. The van der Waals surface area contributed by atoms with Crippen LogP contribution in [0.25, 0.3) is 22.0 Å². The van der Waals surface area contributed by atoms with E-state index in [1.54, 1.807) is 31.8 Å². The van der Waals surface area contributed by atoms with Crippen LogP contribution in [-0.4, -0.2) is 67.4 Å². The third kappa shape index (κ3) is 3.89. The number of aromatic nitrogens is 2. The smallest absolute Gasteiger partial charge is 0.270 e. The summed E-state index contributed by atoms with van der Waals surface area (Å²) in [5.41, 5.74) is 5.15. The zero-order valence-electron chi connectivity index (χ0n) is 19.6. The number of ether oxygens (including phenoxy) is 2. The lowest BCUT2D eigenvalue weighted by Crippen LogP contribution is -2.64. The van der Waals surface area contributed by atoms with Crippen molar-refractivity contribution in [1.29, 1.82) is 0 Å². The molecule has 0 bridgehead atoms. The van der Waals surface area contributed by atoms with Crippen LogP contribution < -0.4 is 25.4 Å². The summed E-state index contributed by atoms with van der Waals surface area (Å²) in [5.74, 6) is 0.619. The highest BCUT2D eigenvalue weighted by molar-refractivity contribution is 7.13. The van der Waals surface area contributed by atoms with Crippen LogP contribution in [0.2, 0.25) is 0 Å². The van der Waals surface area contributed by atoms with Gasteiger partial charge in [-0.1, -0.05) is 18.2 Å². The lowest BCUT2D eigenvalue weighted by Gasteiger charge is -2.44. The summed E-state index contributed by atoms with van der Waals surface area (Å²) >= 11 is 1.57. The quantitative estimate of drug-likeness (QED) is 0.327. The number of benzene rings is 2. The molecule has 2 aliphatic heterocycles. The Bertz CT molecular complexity index is 1380. The second-order valence-electron chi connectivity index (χ2n) is 8.50. The van der Waals surface area contributed by atoms with Gasteiger partial charge in [-0.05, 0) is 29.3 Å². The zero-order chi connectivity index (χ0) is 23.8. The van der Waals surface area contributed by atoms with Gasteiger partial charge < -0.3 is 30.4 Å². The number of fused-ring (bicyclic) bond motifs is 3. The van der Waals surface area contributed by atoms with Crippen molar-refractivity contribution in [1.82, 2.24) is 20.2 Å². The molecule has 1 atom stereocenters. The molecule has 4 aromatic rings. The number of piperazine rings is 1. The van der Waals surface area contributed by atoms with Crippen LogP contribution in [0.15, 0.2) is 53.0 Å². The normalized spacial score (nSPS) is 19.8. The molecule has 1 fully saturated rings. The molecule has 0 saturated carbocycles. The Balaban J connectivity index is 1.38. The van der Waals surface area contributed by atoms with Crippen LogP contribution in [0.1, 0.15) is 5.69 Å². The summed E-state index contributed by atoms with van der Waals surface area (Å²) in [4.78, 5) is 15.3. The third-order valence-corrected chi connectivity index (χ3v) is 7.20. The van der Waals surface area contributed by atoms with Gasteiger partial charge in [-0.3, -0.25) is 0 Å². The molecule has 10 heteroatoms. The molecule has 35 heavy (non-hydrogen) atoms. The van der Waals surface area contributed by atoms with E-state index in [9.17, 15) is 0 Å². The Morgan fingerprint density at radius 1 is 1.03 bits per heavy atom. The lowest BCUT2D eigenvalue weighted by atomic mass is 10.0. The topological polar surface area (TPSA) is 98.8 Å². The molecule has 1 saturated heterocycles. The lowest BCUT2D eigenvalue weighted by molar-refractivity contribution is 0.125. The highest BCUT2D eigenvalue weighted by atomic mass is 32.1. The Labute approximate surface area is 207 Å². The minimum atomic E-state index is -0.801. The van der Waals surface area contributed by atoms with Gasteiger partial charge in [-0.25, -0.2) is 14.9 Å². The highest BCUT2D eigenvalue weighted by Crippen LogP contribution is 2.38. The van der Waals surface area contributed by atoms with E-state index in [1.165, 1.54) is 0 Å². The molecule has 4 heterocycles. The number of rotatable bonds is 6. The third-order valence-electron chi connectivity index (χ3n) is 6.51. The van der Waals surface area contributed by atoms with Crippen LogP contribution in [0.5, 0.6) is 11.5 Å². The van der Waals surface area contributed by atoms with Crippen molar-refractivity contribution in [3.63, 3.8) is 0 Å². The summed E-state index contributed by atoms with van der Waals surface area (Å²) in [5, 5.41) is 14.6. The van der Waals surface area contributed by atoms with Crippen LogP contribution >= 0.6 is 11.3 Å². The van der Waals surface area contributed by atoms with Crippen molar-refractivity contribution in [2.75, 3.05) is 51.0 Å². The maximum atomic E-state index is 5.50. The molecule has 1 unspecified atom stereocenters. The molecule has 2 aromatic carbocycles. The molecule has 0 amide bonds. The van der Waals surface area contributed by atoms with Gasteiger partial charge >= 0.3 is 0 Å². The van der Waals surface area contributed by atoms with Crippen molar-refractivity contribution in [3.05, 3.63) is 53.7 Å². The maximum Gasteiger partial charge on any atom is 0.270 e. The van der Waals surface area contributed by atoms with Crippen LogP contribution in [0.4, 0.5) is 10.8 Å². The average Bonchev–Trinajstić information content (AvgIpc) is 3.55. The van der Waals surface area contributed by atoms with Gasteiger partial charge in [0, 0.05) is 48.7 Å². The standard InChI is InChI=1S/C25H27N7O2S/c1-33-21-6-4-17(14-22(21)34-2)16-3-5-18-19(13-16)29-20-15-28-25(30-23(18)20,31-24-27-9-12-35-24)32-10-7-26-8-11-32/h3-6,9,12-15,26,29-30H,7-8,10-11H2,1-2H3,(H,27,31). The van der Waals surface area contributed by atoms with E-state index in [4.69, 9.17) is 14.5 Å². The number of aromatic amines is 1. The first-order chi connectivity index (χ1) is 17.2. The van der Waals surface area contributed by atoms with Crippen LogP contribution in [0, 0.1) is 0 Å². The summed E-state index contributed by atoms with van der Waals surface area (Å²) in [6.45, 7) is 3.55. The Hall–Kier alpha value is -3.60. The Morgan fingerprint density at radius 2 is 1.83 bits per heavy atom. The molecule has 0 radical (unpaired) electrons. The summed E-state index contributed by atoms with van der Waals surface area (Å²) in [6.07, 6.45) is 3.72. The number of thiazole rings is 1. The van der Waals surface area contributed by atoms with Crippen LogP contribution in [0.3, 0.4) is 0 Å². The van der Waals surface area contributed by atoms with E-state index < -0.39 is 5.91 Å². The first-order valence-corrected chi connectivity index (χ1v) is 12.4. The Morgan fingerprint density at radius 3 is 2.60 bits per heavy atom. The van der Waals surface area contributed by atoms with Gasteiger partial charge in [0.05, 0.1) is 31.8 Å². The fraction of sp³-hybridized carbons (Fsp3) is 0.280. The van der Waals surface area contributed by atoms with E-state index in [0.717, 1.165) is 64.7 Å². The maximum absolute atomic E-state index is 5.50. The van der Waals surface area contributed by atoms with Gasteiger partial charge in [0.1, 0.15) is 0 Å². The average molecular weight is 490 g/mol. The van der Waals surface area contributed by atoms with Gasteiger partial charge in [0.25, 0.3) is 5.91 Å². The zero-order valence-corrected chi connectivity index (χ0v) is 20.4. The van der Waals surface area contributed by atoms with Crippen molar-refractivity contribution in [2.24, 2.45) is 4.99 Å². The predicted octanol–water partition coefficient (Wildman–Crippen LogP) is 3.78. The number of aliphatic imine (C=N–C) groups is 1. The molecule has 0 aliphatic carbocycles. The number of hydrogen-bond donors (Lipinski definition) is 4. The van der Waals surface area contributed by atoms with E-state index in [2.05, 4.69) is 49.0 Å². The molecule has 6 rings (SSSR count). The second-order valence-corrected chi connectivity index (χ2v) is 9.39. The van der Waals surface area contributed by atoms with Crippen molar-refractivity contribution < 1.29 is 9.47 Å². The number of methoxy groups -OCH3 is 2. The molecule has 9 nitrogen and oxygen atoms in total. The van der Waals surface area contributed by atoms with E-state index in [1.807, 2.05) is 29.8 Å². The molecule has 0 spiro atoms. The Kier molecular flexibility index (Phi) is 5.56. The number of hydrogen-bond acceptors (Lipinski definition) is 9. The van der Waals surface area contributed by atoms with Crippen molar-refractivity contribution in [3.8, 4) is 22.6 Å². The molecule has 4 N–H and O–H groups in total. The molecular weight excluding hydrogens is 462 g/mol. The first-order valence-electron chi connectivity index (χ1n) is 11.5. The summed E-state index contributed by atoms with van der Waals surface area (Å²) in [6, 6.07) is 12.4. The van der Waals surface area contributed by atoms with Crippen LogP contribution in [-0.2, 0) is 0 Å². The SMILES string of the molecule is COc1ccc(-c2ccc3c4c([nH]c3c2)C=NC(Nc2nccs2)(N2CCNCC2)N4)cc1OC. The highest BCUT2D eigenvalue weighted by Gasteiger charge is 2.41. The van der Waals surface area contributed by atoms with E-state index in [0.29, 0.717) is 11.5 Å². The summed E-state index contributed by atoms with van der Waals surface area (Å²) in [7, 11) is 3.30. The largest absolute Gasteiger partial charge is 0.493 e. The van der Waals surface area contributed by atoms with Gasteiger partial charge in [0.2, 0.25) is 0 Å². The first kappa shape index (κ1) is 21.9. The fourth-order valence-electron chi connectivity index (χ4n) is 4.74. The molecular formula is C25H27N7O2S.